The topological polar surface area (TPSA) is 122 Å². The minimum absolute atomic E-state index is 0.0354. The third-order valence-corrected chi connectivity index (χ3v) is 2.36. The number of amides is 2. The highest BCUT2D eigenvalue weighted by atomic mass is 19.1. The van der Waals surface area contributed by atoms with Crippen molar-refractivity contribution in [1.82, 2.24) is 5.32 Å². The summed E-state index contributed by atoms with van der Waals surface area (Å²) in [5.41, 5.74) is -2.27. The Morgan fingerprint density at radius 1 is 1.40 bits per heavy atom. The molecule has 108 valence electrons. The zero-order valence-corrected chi connectivity index (χ0v) is 10.6. The van der Waals surface area contributed by atoms with E-state index in [1.165, 1.54) is 13.8 Å². The first-order valence-corrected chi connectivity index (χ1v) is 5.40. The fourth-order valence-corrected chi connectivity index (χ4v) is 1.23. The number of nitrogens with one attached hydrogen (secondary N) is 2. The van der Waals surface area contributed by atoms with Gasteiger partial charge in [0, 0.05) is 17.8 Å². The highest BCUT2D eigenvalue weighted by Gasteiger charge is 2.29. The molecule has 0 saturated carbocycles. The summed E-state index contributed by atoms with van der Waals surface area (Å²) in [6.45, 7) is 2.54. The van der Waals surface area contributed by atoms with Gasteiger partial charge in [-0.15, -0.1) is 0 Å². The van der Waals surface area contributed by atoms with Gasteiger partial charge in [0.1, 0.15) is 5.54 Å². The Hall–Kier alpha value is -2.71. The molecular formula is C11H12FN3O5. The average molecular weight is 285 g/mol. The fourth-order valence-electron chi connectivity index (χ4n) is 1.23. The number of anilines is 1. The molecule has 0 aliphatic carbocycles. The van der Waals surface area contributed by atoms with Gasteiger partial charge in [-0.3, -0.25) is 10.1 Å². The SMILES string of the molecule is CC(C)(NC(=O)Nc1ccc([N+](=O)[O-])c(F)c1)C(=O)O. The average Bonchev–Trinajstić information content (AvgIpc) is 2.26. The molecule has 0 aliphatic rings. The summed E-state index contributed by atoms with van der Waals surface area (Å²) in [5.74, 6) is -2.35. The Kier molecular flexibility index (Phi) is 4.23. The van der Waals surface area contributed by atoms with Crippen molar-refractivity contribution in [3.8, 4) is 0 Å². The first-order valence-electron chi connectivity index (χ1n) is 5.40. The number of hydrogen-bond acceptors (Lipinski definition) is 4. The number of carboxylic acid groups (broad SMARTS) is 1. The number of nitro groups is 1. The molecule has 0 fully saturated rings. The number of carbonyl (C=O) groups is 2. The van der Waals surface area contributed by atoms with Gasteiger partial charge in [-0.1, -0.05) is 0 Å². The molecule has 2 amide bonds. The smallest absolute Gasteiger partial charge is 0.328 e. The van der Waals surface area contributed by atoms with Crippen LogP contribution in [-0.2, 0) is 4.79 Å². The molecule has 1 aromatic carbocycles. The third kappa shape index (κ3) is 3.64. The van der Waals surface area contributed by atoms with Crippen LogP contribution in [0.4, 0.5) is 20.6 Å². The second-order valence-corrected chi connectivity index (χ2v) is 4.43. The molecule has 0 bridgehead atoms. The van der Waals surface area contributed by atoms with Crippen molar-refractivity contribution in [2.24, 2.45) is 0 Å². The van der Waals surface area contributed by atoms with E-state index in [2.05, 4.69) is 10.6 Å². The summed E-state index contributed by atoms with van der Waals surface area (Å²) in [5, 5.41) is 23.6. The van der Waals surface area contributed by atoms with Gasteiger partial charge in [-0.2, -0.15) is 4.39 Å². The number of rotatable bonds is 4. The normalized spacial score (nSPS) is 10.8. The number of halogens is 1. The number of aliphatic carboxylic acids is 1. The van der Waals surface area contributed by atoms with Gasteiger partial charge in [0.05, 0.1) is 4.92 Å². The van der Waals surface area contributed by atoms with Crippen molar-refractivity contribution in [2.45, 2.75) is 19.4 Å². The molecule has 9 heteroatoms. The van der Waals surface area contributed by atoms with Crippen LogP contribution in [0.2, 0.25) is 0 Å². The van der Waals surface area contributed by atoms with Crippen LogP contribution >= 0.6 is 0 Å². The number of nitrogens with zero attached hydrogens (tertiary/aromatic N) is 1. The number of benzene rings is 1. The predicted octanol–water partition coefficient (Wildman–Crippen LogP) is 1.72. The third-order valence-electron chi connectivity index (χ3n) is 2.36. The lowest BCUT2D eigenvalue weighted by Crippen LogP contribution is -2.51. The zero-order chi connectivity index (χ0) is 15.5. The van der Waals surface area contributed by atoms with Gasteiger partial charge in [-0.25, -0.2) is 9.59 Å². The van der Waals surface area contributed by atoms with Crippen molar-refractivity contribution in [3.05, 3.63) is 34.1 Å². The van der Waals surface area contributed by atoms with Crippen molar-refractivity contribution >= 4 is 23.4 Å². The summed E-state index contributed by atoms with van der Waals surface area (Å²) >= 11 is 0. The Morgan fingerprint density at radius 2 is 2.00 bits per heavy atom. The molecule has 20 heavy (non-hydrogen) atoms. The molecule has 0 spiro atoms. The van der Waals surface area contributed by atoms with E-state index >= 15 is 0 Å². The molecule has 0 heterocycles. The number of nitro benzene ring substituents is 1. The lowest BCUT2D eigenvalue weighted by molar-refractivity contribution is -0.387. The molecule has 3 N–H and O–H groups in total. The van der Waals surface area contributed by atoms with Crippen LogP contribution in [0.3, 0.4) is 0 Å². The summed E-state index contributed by atoms with van der Waals surface area (Å²) in [6.07, 6.45) is 0. The number of carboxylic acids is 1. The van der Waals surface area contributed by atoms with E-state index in [0.717, 1.165) is 18.2 Å². The monoisotopic (exact) mass is 285 g/mol. The van der Waals surface area contributed by atoms with Crippen LogP contribution in [0.15, 0.2) is 18.2 Å². The largest absolute Gasteiger partial charge is 0.480 e. The molecule has 0 radical (unpaired) electrons. The number of urea groups is 1. The van der Waals surface area contributed by atoms with Gasteiger partial charge >= 0.3 is 17.7 Å². The number of carbonyl (C=O) groups excluding carboxylic acids is 1. The van der Waals surface area contributed by atoms with Crippen LogP contribution < -0.4 is 10.6 Å². The zero-order valence-electron chi connectivity index (χ0n) is 10.6. The lowest BCUT2D eigenvalue weighted by Gasteiger charge is -2.21. The van der Waals surface area contributed by atoms with Crippen LogP contribution in [0.25, 0.3) is 0 Å². The van der Waals surface area contributed by atoms with Gasteiger partial charge in [0.2, 0.25) is 5.82 Å². The van der Waals surface area contributed by atoms with Crippen molar-refractivity contribution < 1.29 is 24.0 Å². The van der Waals surface area contributed by atoms with Crippen LogP contribution in [-0.4, -0.2) is 27.6 Å². The summed E-state index contributed by atoms with van der Waals surface area (Å²) in [4.78, 5) is 31.8. The van der Waals surface area contributed by atoms with E-state index in [4.69, 9.17) is 5.11 Å². The number of hydrogen-bond donors (Lipinski definition) is 3. The van der Waals surface area contributed by atoms with E-state index in [0.29, 0.717) is 0 Å². The van der Waals surface area contributed by atoms with Gasteiger partial charge in [0.25, 0.3) is 0 Å². The Labute approximate surface area is 112 Å². The van der Waals surface area contributed by atoms with Crippen molar-refractivity contribution in [2.75, 3.05) is 5.32 Å². The Balaban J connectivity index is 2.80. The molecule has 0 aromatic heterocycles. The molecule has 0 aliphatic heterocycles. The van der Waals surface area contributed by atoms with Gasteiger partial charge < -0.3 is 15.7 Å². The van der Waals surface area contributed by atoms with E-state index in [9.17, 15) is 24.1 Å². The van der Waals surface area contributed by atoms with Gasteiger partial charge in [0.15, 0.2) is 0 Å². The van der Waals surface area contributed by atoms with E-state index in [-0.39, 0.29) is 5.69 Å². The van der Waals surface area contributed by atoms with Crippen LogP contribution in [0, 0.1) is 15.9 Å². The summed E-state index contributed by atoms with van der Waals surface area (Å²) < 4.78 is 13.3. The lowest BCUT2D eigenvalue weighted by atomic mass is 10.1. The molecule has 0 saturated heterocycles. The van der Waals surface area contributed by atoms with Crippen LogP contribution in [0.5, 0.6) is 0 Å². The quantitative estimate of drug-likeness (QED) is 0.574. The Morgan fingerprint density at radius 3 is 2.45 bits per heavy atom. The highest BCUT2D eigenvalue weighted by molar-refractivity contribution is 5.93. The first kappa shape index (κ1) is 15.3. The maximum Gasteiger partial charge on any atom is 0.328 e. The molecular weight excluding hydrogens is 273 g/mol. The second kappa shape index (κ2) is 5.51. The Bertz CT molecular complexity index is 573. The predicted molar refractivity (Wildman–Crippen MR) is 66.9 cm³/mol. The van der Waals surface area contributed by atoms with Crippen molar-refractivity contribution in [3.63, 3.8) is 0 Å². The minimum atomic E-state index is -1.51. The standard InChI is InChI=1S/C11H12FN3O5/c1-11(2,9(16)17)14-10(18)13-6-3-4-8(15(19)20)7(12)5-6/h3-5H,1-2H3,(H,16,17)(H2,13,14,18). The van der Waals surface area contributed by atoms with Gasteiger partial charge in [-0.05, 0) is 19.9 Å². The minimum Gasteiger partial charge on any atom is -0.480 e. The van der Waals surface area contributed by atoms with Crippen LogP contribution in [0.1, 0.15) is 13.8 Å². The first-order chi connectivity index (χ1) is 9.13. The highest BCUT2D eigenvalue weighted by Crippen LogP contribution is 2.20. The maximum atomic E-state index is 13.3. The molecule has 1 aromatic rings. The fraction of sp³-hybridized carbons (Fsp3) is 0.273. The molecule has 8 nitrogen and oxygen atoms in total. The van der Waals surface area contributed by atoms with E-state index < -0.39 is 34.0 Å². The maximum absolute atomic E-state index is 13.3. The second-order valence-electron chi connectivity index (χ2n) is 4.43. The van der Waals surface area contributed by atoms with E-state index in [1.807, 2.05) is 0 Å². The molecule has 0 unspecified atom stereocenters. The van der Waals surface area contributed by atoms with E-state index in [1.54, 1.807) is 0 Å². The molecule has 0 atom stereocenters. The van der Waals surface area contributed by atoms with Crippen molar-refractivity contribution in [1.29, 1.82) is 0 Å². The summed E-state index contributed by atoms with van der Waals surface area (Å²) in [7, 11) is 0. The summed E-state index contributed by atoms with van der Waals surface area (Å²) in [6, 6.07) is 1.93. The molecule has 1 rings (SSSR count).